The average Bonchev–Trinajstić information content (AvgIpc) is 2.52. The van der Waals surface area contributed by atoms with Gasteiger partial charge in [0.15, 0.2) is 0 Å². The first-order chi connectivity index (χ1) is 6.63. The van der Waals surface area contributed by atoms with Crippen LogP contribution in [0.2, 0.25) is 0 Å². The Hall–Kier alpha value is -0.830. The van der Waals surface area contributed by atoms with E-state index in [1.807, 2.05) is 25.0 Å². The third-order valence-electron chi connectivity index (χ3n) is 2.66. The van der Waals surface area contributed by atoms with Gasteiger partial charge in [0.2, 0.25) is 0 Å². The third kappa shape index (κ3) is 3.14. The Morgan fingerprint density at radius 1 is 1.50 bits per heavy atom. The third-order valence-corrected chi connectivity index (χ3v) is 2.66. The van der Waals surface area contributed by atoms with Crippen LogP contribution in [0.15, 0.2) is 12.3 Å². The molecule has 0 saturated carbocycles. The van der Waals surface area contributed by atoms with Crippen molar-refractivity contribution >= 4 is 0 Å². The minimum absolute atomic E-state index is 0.594. The van der Waals surface area contributed by atoms with Gasteiger partial charge in [-0.25, -0.2) is 0 Å². The molecule has 0 aliphatic heterocycles. The number of aromatic nitrogens is 2. The van der Waals surface area contributed by atoms with Crippen LogP contribution in [0, 0.1) is 5.92 Å². The van der Waals surface area contributed by atoms with Crippen molar-refractivity contribution in [2.24, 2.45) is 13.0 Å². The predicted octanol–water partition coefficient (Wildman–Crippen LogP) is 1.60. The summed E-state index contributed by atoms with van der Waals surface area (Å²) in [5.41, 5.74) is 1.19. The van der Waals surface area contributed by atoms with Crippen molar-refractivity contribution in [3.63, 3.8) is 0 Å². The minimum Gasteiger partial charge on any atom is -0.317 e. The van der Waals surface area contributed by atoms with Gasteiger partial charge in [-0.2, -0.15) is 5.10 Å². The maximum Gasteiger partial charge on any atom is 0.0625 e. The van der Waals surface area contributed by atoms with Gasteiger partial charge in [-0.3, -0.25) is 4.68 Å². The van der Waals surface area contributed by atoms with E-state index in [9.17, 15) is 0 Å². The van der Waals surface area contributed by atoms with E-state index in [0.717, 1.165) is 12.8 Å². The molecule has 0 radical (unpaired) electrons. The van der Waals surface area contributed by atoms with Crippen LogP contribution in [0.3, 0.4) is 0 Å². The van der Waals surface area contributed by atoms with Gasteiger partial charge in [0.05, 0.1) is 5.69 Å². The quantitative estimate of drug-likeness (QED) is 0.773. The van der Waals surface area contributed by atoms with Gasteiger partial charge in [0.1, 0.15) is 0 Å². The van der Waals surface area contributed by atoms with E-state index in [0.29, 0.717) is 12.0 Å². The standard InChI is InChI=1S/C11H21N3/c1-9(2)11(12-3)6-5-10-7-8-14(4)13-10/h7-9,11-12H,5-6H2,1-4H3. The summed E-state index contributed by atoms with van der Waals surface area (Å²) in [6.07, 6.45) is 4.22. The highest BCUT2D eigenvalue weighted by Gasteiger charge is 2.10. The van der Waals surface area contributed by atoms with Crippen molar-refractivity contribution in [3.05, 3.63) is 18.0 Å². The lowest BCUT2D eigenvalue weighted by atomic mass is 9.99. The topological polar surface area (TPSA) is 29.9 Å². The second-order valence-corrected chi connectivity index (χ2v) is 4.16. The van der Waals surface area contributed by atoms with Crippen molar-refractivity contribution in [2.45, 2.75) is 32.7 Å². The number of hydrogen-bond donors (Lipinski definition) is 1. The first-order valence-corrected chi connectivity index (χ1v) is 5.29. The minimum atomic E-state index is 0.594. The summed E-state index contributed by atoms with van der Waals surface area (Å²) < 4.78 is 1.86. The van der Waals surface area contributed by atoms with Crippen molar-refractivity contribution in [1.82, 2.24) is 15.1 Å². The second-order valence-electron chi connectivity index (χ2n) is 4.16. The van der Waals surface area contributed by atoms with Crippen LogP contribution in [0.4, 0.5) is 0 Å². The first-order valence-electron chi connectivity index (χ1n) is 5.29. The Morgan fingerprint density at radius 2 is 2.21 bits per heavy atom. The molecule has 0 spiro atoms. The van der Waals surface area contributed by atoms with E-state index >= 15 is 0 Å². The molecule has 1 heterocycles. The van der Waals surface area contributed by atoms with Crippen molar-refractivity contribution in [3.8, 4) is 0 Å². The highest BCUT2D eigenvalue weighted by atomic mass is 15.2. The molecule has 0 saturated heterocycles. The molecule has 0 aromatic carbocycles. The maximum absolute atomic E-state index is 4.37. The Labute approximate surface area is 86.5 Å². The molecule has 3 nitrogen and oxygen atoms in total. The highest BCUT2D eigenvalue weighted by Crippen LogP contribution is 2.09. The molecule has 1 aromatic rings. The summed E-state index contributed by atoms with van der Waals surface area (Å²) in [6.45, 7) is 4.50. The molecule has 0 aliphatic carbocycles. The van der Waals surface area contributed by atoms with Crippen LogP contribution in [-0.4, -0.2) is 22.9 Å². The highest BCUT2D eigenvalue weighted by molar-refractivity contribution is 4.99. The average molecular weight is 195 g/mol. The van der Waals surface area contributed by atoms with Gasteiger partial charge in [0.25, 0.3) is 0 Å². The van der Waals surface area contributed by atoms with E-state index in [1.165, 1.54) is 5.69 Å². The maximum atomic E-state index is 4.37. The van der Waals surface area contributed by atoms with E-state index in [2.05, 4.69) is 30.3 Å². The lowest BCUT2D eigenvalue weighted by molar-refractivity contribution is 0.401. The molecule has 0 bridgehead atoms. The zero-order valence-corrected chi connectivity index (χ0v) is 9.62. The number of nitrogens with one attached hydrogen (secondary N) is 1. The van der Waals surface area contributed by atoms with E-state index < -0.39 is 0 Å². The Bertz CT molecular complexity index is 265. The molecule has 1 N–H and O–H groups in total. The molecular formula is C11H21N3. The molecule has 80 valence electrons. The van der Waals surface area contributed by atoms with Crippen LogP contribution in [0.25, 0.3) is 0 Å². The van der Waals surface area contributed by atoms with Crippen molar-refractivity contribution < 1.29 is 0 Å². The number of hydrogen-bond acceptors (Lipinski definition) is 2. The second kappa shape index (κ2) is 5.15. The molecule has 0 amide bonds. The molecule has 0 aliphatic rings. The van der Waals surface area contributed by atoms with Crippen LogP contribution in [0.5, 0.6) is 0 Å². The van der Waals surface area contributed by atoms with Crippen LogP contribution in [0.1, 0.15) is 26.0 Å². The number of rotatable bonds is 5. The molecule has 14 heavy (non-hydrogen) atoms. The molecule has 1 rings (SSSR count). The molecular weight excluding hydrogens is 174 g/mol. The Kier molecular flexibility index (Phi) is 4.14. The van der Waals surface area contributed by atoms with Gasteiger partial charge in [-0.05, 0) is 31.9 Å². The summed E-state index contributed by atoms with van der Waals surface area (Å²) in [4.78, 5) is 0. The van der Waals surface area contributed by atoms with E-state index in [-0.39, 0.29) is 0 Å². The molecule has 1 aromatic heterocycles. The summed E-state index contributed by atoms with van der Waals surface area (Å²) in [5.74, 6) is 0.684. The molecule has 3 heteroatoms. The SMILES string of the molecule is CNC(CCc1ccn(C)n1)C(C)C. The van der Waals surface area contributed by atoms with Gasteiger partial charge in [-0.15, -0.1) is 0 Å². The summed E-state index contributed by atoms with van der Waals surface area (Å²) in [6, 6.07) is 2.68. The lowest BCUT2D eigenvalue weighted by Crippen LogP contribution is -2.31. The van der Waals surface area contributed by atoms with Crippen molar-refractivity contribution in [2.75, 3.05) is 7.05 Å². The predicted molar refractivity (Wildman–Crippen MR) is 59.2 cm³/mol. The summed E-state index contributed by atoms with van der Waals surface area (Å²) >= 11 is 0. The molecule has 1 atom stereocenters. The smallest absolute Gasteiger partial charge is 0.0625 e. The zero-order chi connectivity index (χ0) is 10.6. The van der Waals surface area contributed by atoms with Crippen molar-refractivity contribution in [1.29, 1.82) is 0 Å². The van der Waals surface area contributed by atoms with Crippen LogP contribution >= 0.6 is 0 Å². The van der Waals surface area contributed by atoms with Crippen LogP contribution < -0.4 is 5.32 Å². The zero-order valence-electron chi connectivity index (χ0n) is 9.62. The number of aryl methyl sites for hydroxylation is 2. The normalized spacial score (nSPS) is 13.5. The van der Waals surface area contributed by atoms with E-state index in [4.69, 9.17) is 0 Å². The Morgan fingerprint density at radius 3 is 2.64 bits per heavy atom. The van der Waals surface area contributed by atoms with E-state index in [1.54, 1.807) is 0 Å². The summed E-state index contributed by atoms with van der Waals surface area (Å²) in [5, 5.41) is 7.71. The first kappa shape index (κ1) is 11.2. The van der Waals surface area contributed by atoms with Gasteiger partial charge < -0.3 is 5.32 Å². The fraction of sp³-hybridized carbons (Fsp3) is 0.727. The summed E-state index contributed by atoms with van der Waals surface area (Å²) in [7, 11) is 3.99. The molecule has 1 unspecified atom stereocenters. The van der Waals surface area contributed by atoms with Gasteiger partial charge in [0, 0.05) is 19.3 Å². The van der Waals surface area contributed by atoms with Gasteiger partial charge >= 0.3 is 0 Å². The lowest BCUT2D eigenvalue weighted by Gasteiger charge is -2.19. The Balaban J connectivity index is 2.39. The fourth-order valence-corrected chi connectivity index (χ4v) is 1.71. The van der Waals surface area contributed by atoms with Crippen LogP contribution in [-0.2, 0) is 13.5 Å². The van der Waals surface area contributed by atoms with Gasteiger partial charge in [-0.1, -0.05) is 13.8 Å². The molecule has 0 fully saturated rings. The monoisotopic (exact) mass is 195 g/mol. The largest absolute Gasteiger partial charge is 0.317 e. The fourth-order valence-electron chi connectivity index (χ4n) is 1.71. The number of nitrogens with zero attached hydrogens (tertiary/aromatic N) is 2.